The lowest BCUT2D eigenvalue weighted by molar-refractivity contribution is -0.384. The van der Waals surface area contributed by atoms with Gasteiger partial charge in [-0.1, -0.05) is 11.6 Å². The van der Waals surface area contributed by atoms with Gasteiger partial charge in [0.25, 0.3) is 11.2 Å². The molecule has 7 nitrogen and oxygen atoms in total. The molecule has 0 amide bonds. The Morgan fingerprint density at radius 3 is 2.32 bits per heavy atom. The predicted octanol–water partition coefficient (Wildman–Crippen LogP) is 3.39. The van der Waals surface area contributed by atoms with E-state index in [4.69, 9.17) is 11.6 Å². The third kappa shape index (κ3) is 3.24. The van der Waals surface area contributed by atoms with Crippen molar-refractivity contribution in [3.05, 3.63) is 56.0 Å². The summed E-state index contributed by atoms with van der Waals surface area (Å²) in [4.78, 5) is 22.8. The molecule has 0 radical (unpaired) electrons. The van der Waals surface area contributed by atoms with E-state index in [-0.39, 0.29) is 10.7 Å². The molecule has 2 fully saturated rings. The van der Waals surface area contributed by atoms with Crippen LogP contribution >= 0.6 is 11.6 Å². The number of anilines is 1. The molecule has 2 aliphatic carbocycles. The van der Waals surface area contributed by atoms with Crippen LogP contribution in [0.15, 0.2) is 35.3 Å². The van der Waals surface area contributed by atoms with E-state index in [1.807, 2.05) is 0 Å². The Labute approximate surface area is 148 Å². The summed E-state index contributed by atoms with van der Waals surface area (Å²) in [6.45, 7) is 0. The van der Waals surface area contributed by atoms with Crippen LogP contribution in [-0.4, -0.2) is 20.7 Å². The third-order valence-corrected chi connectivity index (χ3v) is 5.17. The number of hydrogen-bond donors (Lipinski definition) is 1. The van der Waals surface area contributed by atoms with E-state index >= 15 is 0 Å². The Kier molecular flexibility index (Phi) is 3.95. The fourth-order valence-electron chi connectivity index (χ4n) is 3.14. The fourth-order valence-corrected chi connectivity index (χ4v) is 3.33. The number of nitrogens with one attached hydrogen (secondary N) is 1. The Hall–Kier alpha value is -2.41. The molecular formula is C17H17ClN4O3. The van der Waals surface area contributed by atoms with Crippen LogP contribution in [0.1, 0.15) is 25.7 Å². The van der Waals surface area contributed by atoms with Crippen molar-refractivity contribution in [1.29, 1.82) is 0 Å². The van der Waals surface area contributed by atoms with Crippen molar-refractivity contribution in [1.82, 2.24) is 9.78 Å². The van der Waals surface area contributed by atoms with Gasteiger partial charge in [0.2, 0.25) is 0 Å². The lowest BCUT2D eigenvalue weighted by Crippen LogP contribution is -2.28. The molecule has 0 bridgehead atoms. The van der Waals surface area contributed by atoms with Crippen LogP contribution in [0.4, 0.5) is 11.4 Å². The molecule has 0 spiro atoms. The van der Waals surface area contributed by atoms with Crippen LogP contribution in [0, 0.1) is 22.0 Å². The van der Waals surface area contributed by atoms with E-state index in [1.165, 1.54) is 49.9 Å². The Morgan fingerprint density at radius 1 is 1.20 bits per heavy atom. The number of hydrogen-bond acceptors (Lipinski definition) is 5. The van der Waals surface area contributed by atoms with E-state index < -0.39 is 10.5 Å². The van der Waals surface area contributed by atoms with Crippen LogP contribution in [0.2, 0.25) is 5.02 Å². The van der Waals surface area contributed by atoms with Crippen molar-refractivity contribution in [2.24, 2.45) is 11.8 Å². The first-order valence-electron chi connectivity index (χ1n) is 8.34. The summed E-state index contributed by atoms with van der Waals surface area (Å²) >= 11 is 6.28. The summed E-state index contributed by atoms with van der Waals surface area (Å²) in [5, 5.41) is 18.4. The van der Waals surface area contributed by atoms with Gasteiger partial charge in [-0.2, -0.15) is 9.78 Å². The molecule has 2 aromatic rings. The van der Waals surface area contributed by atoms with Gasteiger partial charge in [0.15, 0.2) is 0 Å². The van der Waals surface area contributed by atoms with Gasteiger partial charge >= 0.3 is 0 Å². The minimum absolute atomic E-state index is 0.0436. The van der Waals surface area contributed by atoms with E-state index in [0.29, 0.717) is 29.3 Å². The van der Waals surface area contributed by atoms with Crippen molar-refractivity contribution in [3.63, 3.8) is 0 Å². The Bertz CT molecular complexity index is 860. The minimum Gasteiger partial charge on any atom is -0.379 e. The summed E-state index contributed by atoms with van der Waals surface area (Å²) in [5.41, 5.74) is 0.516. The van der Waals surface area contributed by atoms with Crippen molar-refractivity contribution < 1.29 is 4.92 Å². The maximum Gasteiger partial charge on any atom is 0.292 e. The normalized spacial score (nSPS) is 16.9. The summed E-state index contributed by atoms with van der Waals surface area (Å²) in [5.74, 6) is 1.33. The number of nitro benzene ring substituents is 1. The maximum atomic E-state index is 12.6. The molecule has 8 heteroatoms. The standard InChI is InChI=1S/C17H17ClN4O3/c18-15-14(20-16(10-1-2-10)11-3-4-11)9-19-21(17(15)23)12-5-7-13(8-6-12)22(24)25/h5-11,16,20H,1-4H2. The molecule has 0 unspecified atom stereocenters. The number of aromatic nitrogens is 2. The highest BCUT2D eigenvalue weighted by Crippen LogP contribution is 2.46. The molecule has 1 heterocycles. The quantitative estimate of drug-likeness (QED) is 0.629. The van der Waals surface area contributed by atoms with Gasteiger partial charge in [-0.3, -0.25) is 14.9 Å². The van der Waals surface area contributed by atoms with Crippen molar-refractivity contribution in [2.45, 2.75) is 31.7 Å². The summed E-state index contributed by atoms with van der Waals surface area (Å²) < 4.78 is 1.15. The van der Waals surface area contributed by atoms with E-state index in [1.54, 1.807) is 6.20 Å². The second kappa shape index (κ2) is 6.15. The highest BCUT2D eigenvalue weighted by molar-refractivity contribution is 6.33. The molecule has 2 aliphatic rings. The van der Waals surface area contributed by atoms with Crippen molar-refractivity contribution in [2.75, 3.05) is 5.32 Å². The molecule has 130 valence electrons. The highest BCUT2D eigenvalue weighted by atomic mass is 35.5. The maximum absolute atomic E-state index is 12.6. The molecule has 1 aromatic heterocycles. The third-order valence-electron chi connectivity index (χ3n) is 4.81. The number of benzene rings is 1. The topological polar surface area (TPSA) is 90.1 Å². The summed E-state index contributed by atoms with van der Waals surface area (Å²) in [6, 6.07) is 5.99. The molecule has 0 aliphatic heterocycles. The van der Waals surface area contributed by atoms with Gasteiger partial charge in [0.05, 0.1) is 22.5 Å². The first kappa shape index (κ1) is 16.1. The van der Waals surface area contributed by atoms with Crippen LogP contribution in [0.3, 0.4) is 0 Å². The predicted molar refractivity (Wildman–Crippen MR) is 94.4 cm³/mol. The Morgan fingerprint density at radius 2 is 1.80 bits per heavy atom. The van der Waals surface area contributed by atoms with Gasteiger partial charge in [-0.25, -0.2) is 0 Å². The minimum atomic E-state index is -0.490. The largest absolute Gasteiger partial charge is 0.379 e. The van der Waals surface area contributed by atoms with E-state index in [0.717, 1.165) is 4.68 Å². The van der Waals surface area contributed by atoms with Crippen LogP contribution in [-0.2, 0) is 0 Å². The summed E-state index contributed by atoms with van der Waals surface area (Å²) in [6.07, 6.45) is 6.44. The lowest BCUT2D eigenvalue weighted by atomic mass is 10.1. The van der Waals surface area contributed by atoms with Gasteiger partial charge in [0.1, 0.15) is 5.02 Å². The number of non-ortho nitro benzene ring substituents is 1. The lowest BCUT2D eigenvalue weighted by Gasteiger charge is -2.19. The number of rotatable bonds is 6. The van der Waals surface area contributed by atoms with Gasteiger partial charge in [-0.15, -0.1) is 0 Å². The monoisotopic (exact) mass is 360 g/mol. The van der Waals surface area contributed by atoms with Gasteiger partial charge in [-0.05, 0) is 49.7 Å². The van der Waals surface area contributed by atoms with Gasteiger partial charge < -0.3 is 5.32 Å². The molecule has 0 saturated heterocycles. The zero-order valence-electron chi connectivity index (χ0n) is 13.4. The zero-order chi connectivity index (χ0) is 17.6. The number of nitrogens with zero attached hydrogens (tertiary/aromatic N) is 3. The first-order valence-corrected chi connectivity index (χ1v) is 8.71. The second-order valence-corrected chi connectivity index (χ2v) is 7.09. The van der Waals surface area contributed by atoms with Crippen LogP contribution in [0.25, 0.3) is 5.69 Å². The van der Waals surface area contributed by atoms with Crippen LogP contribution < -0.4 is 10.9 Å². The molecule has 2 saturated carbocycles. The summed E-state index contributed by atoms with van der Waals surface area (Å²) in [7, 11) is 0. The van der Waals surface area contributed by atoms with Crippen LogP contribution in [0.5, 0.6) is 0 Å². The van der Waals surface area contributed by atoms with Gasteiger partial charge in [0, 0.05) is 18.2 Å². The molecular weight excluding hydrogens is 344 g/mol. The zero-order valence-corrected chi connectivity index (χ0v) is 14.1. The second-order valence-electron chi connectivity index (χ2n) is 6.71. The number of halogens is 1. The Balaban J connectivity index is 1.61. The van der Waals surface area contributed by atoms with Crippen molar-refractivity contribution >= 4 is 23.0 Å². The van der Waals surface area contributed by atoms with Crippen molar-refractivity contribution in [3.8, 4) is 5.69 Å². The molecule has 1 aromatic carbocycles. The molecule has 4 rings (SSSR count). The molecule has 25 heavy (non-hydrogen) atoms. The molecule has 1 N–H and O–H groups in total. The fraction of sp³-hybridized carbons (Fsp3) is 0.412. The van der Waals surface area contributed by atoms with E-state index in [9.17, 15) is 14.9 Å². The first-order chi connectivity index (χ1) is 12.0. The SMILES string of the molecule is O=c1c(Cl)c(NC(C2CC2)C2CC2)cnn1-c1ccc([N+](=O)[O-])cc1. The van der Waals surface area contributed by atoms with E-state index in [2.05, 4.69) is 10.4 Å². The smallest absolute Gasteiger partial charge is 0.292 e. The number of nitro groups is 1. The average molecular weight is 361 g/mol. The molecule has 0 atom stereocenters. The highest BCUT2D eigenvalue weighted by Gasteiger charge is 2.41. The average Bonchev–Trinajstić information content (AvgIpc) is 3.49.